The molecule has 0 saturated heterocycles. The summed E-state index contributed by atoms with van der Waals surface area (Å²) in [5, 5.41) is 1.56. The Morgan fingerprint density at radius 1 is 1.26 bits per heavy atom. The van der Waals surface area contributed by atoms with Crippen LogP contribution in [0.2, 0.25) is 5.02 Å². The van der Waals surface area contributed by atoms with Crippen molar-refractivity contribution in [2.45, 2.75) is 19.0 Å². The monoisotopic (exact) mass is 546 g/mol. The summed E-state index contributed by atoms with van der Waals surface area (Å²) < 4.78 is 22.6. The summed E-state index contributed by atoms with van der Waals surface area (Å²) in [7, 11) is 1.57. The molecule has 0 bridgehead atoms. The van der Waals surface area contributed by atoms with Gasteiger partial charge < -0.3 is 18.9 Å². The van der Waals surface area contributed by atoms with Gasteiger partial charge in [0.15, 0.2) is 22.6 Å². The van der Waals surface area contributed by atoms with Crippen molar-refractivity contribution in [3.63, 3.8) is 0 Å². The Labute approximate surface area is 201 Å². The van der Waals surface area contributed by atoms with Gasteiger partial charge in [-0.2, -0.15) is 0 Å². The minimum Gasteiger partial charge on any atom is -0.496 e. The highest BCUT2D eigenvalue weighted by atomic mass is 79.9. The van der Waals surface area contributed by atoms with Crippen LogP contribution in [0.4, 0.5) is 0 Å². The topological polar surface area (TPSA) is 79.8 Å². The molecule has 0 saturated carbocycles. The summed E-state index contributed by atoms with van der Waals surface area (Å²) in [6, 6.07) is 3.52. The third kappa shape index (κ3) is 5.09. The van der Waals surface area contributed by atoms with Crippen LogP contribution in [0.3, 0.4) is 0 Å². The number of nitrogens with zero attached hydrogens (tertiary/aromatic N) is 2. The van der Waals surface area contributed by atoms with E-state index in [9.17, 15) is 4.79 Å². The second kappa shape index (κ2) is 10.8. The van der Waals surface area contributed by atoms with Gasteiger partial charge in [0.25, 0.3) is 0 Å². The van der Waals surface area contributed by atoms with Crippen molar-refractivity contribution in [1.29, 1.82) is 0 Å². The lowest BCUT2D eigenvalue weighted by Crippen LogP contribution is -2.08. The second-order valence-corrected chi connectivity index (χ2v) is 8.98. The second-order valence-electron chi connectivity index (χ2n) is 5.94. The van der Waals surface area contributed by atoms with Gasteiger partial charge in [0, 0.05) is 12.2 Å². The number of rotatable bonds is 9. The van der Waals surface area contributed by atoms with Gasteiger partial charge >= 0.3 is 5.97 Å². The molecule has 0 spiro atoms. The van der Waals surface area contributed by atoms with E-state index in [2.05, 4.69) is 20.9 Å². The Hall–Kier alpha value is -1.59. The molecule has 0 unspecified atom stereocenters. The van der Waals surface area contributed by atoms with E-state index in [4.69, 9.17) is 35.5 Å². The van der Waals surface area contributed by atoms with Crippen molar-refractivity contribution in [2.24, 2.45) is 0 Å². The van der Waals surface area contributed by atoms with Gasteiger partial charge in [-0.15, -0.1) is 11.3 Å². The number of ether oxygens (including phenoxy) is 4. The molecule has 0 fully saturated rings. The Kier molecular flexibility index (Phi) is 8.40. The number of carbonyl (C=O) groups is 1. The number of thioether (sulfide) groups is 1. The summed E-state index contributed by atoms with van der Waals surface area (Å²) in [5.74, 6) is 0.412. The number of methoxy groups -OCH3 is 1. The first-order chi connectivity index (χ1) is 14.9. The maximum atomic E-state index is 12.6. The molecule has 1 aromatic carbocycles. The number of carbonyl (C=O) groups excluding carboxylic acids is 1. The molecule has 3 aromatic rings. The first-order valence-electron chi connectivity index (χ1n) is 9.24. The average Bonchev–Trinajstić information content (AvgIpc) is 3.12. The van der Waals surface area contributed by atoms with Gasteiger partial charge in [0.1, 0.15) is 10.6 Å². The highest BCUT2D eigenvalue weighted by Crippen LogP contribution is 2.46. The largest absolute Gasteiger partial charge is 0.496 e. The fourth-order valence-electron chi connectivity index (χ4n) is 2.76. The first kappa shape index (κ1) is 24.1. The fourth-order valence-corrected chi connectivity index (χ4v) is 5.09. The molecular formula is C20H20BrClN2O5S2. The maximum absolute atomic E-state index is 12.6. The van der Waals surface area contributed by atoms with Crippen molar-refractivity contribution < 1.29 is 23.7 Å². The van der Waals surface area contributed by atoms with Crippen LogP contribution < -0.4 is 9.47 Å². The zero-order valence-electron chi connectivity index (χ0n) is 17.3. The Morgan fingerprint density at radius 3 is 2.68 bits per heavy atom. The third-order valence-electron chi connectivity index (χ3n) is 4.12. The number of aromatic nitrogens is 2. The number of benzene rings is 1. The quantitative estimate of drug-likeness (QED) is 0.105. The number of thiophene rings is 1. The molecule has 0 N–H and O–H groups in total. The van der Waals surface area contributed by atoms with Crippen LogP contribution >= 0.6 is 50.6 Å². The summed E-state index contributed by atoms with van der Waals surface area (Å²) in [6.45, 7) is 4.27. The lowest BCUT2D eigenvalue weighted by Gasteiger charge is -2.13. The van der Waals surface area contributed by atoms with Gasteiger partial charge in [0.2, 0.25) is 0 Å². The van der Waals surface area contributed by atoms with Gasteiger partial charge in [-0.25, -0.2) is 14.8 Å². The van der Waals surface area contributed by atoms with E-state index < -0.39 is 5.97 Å². The highest BCUT2D eigenvalue weighted by Gasteiger charge is 2.27. The van der Waals surface area contributed by atoms with Crippen molar-refractivity contribution in [3.8, 4) is 22.8 Å². The van der Waals surface area contributed by atoms with E-state index in [1.165, 1.54) is 23.1 Å². The maximum Gasteiger partial charge on any atom is 0.352 e. The van der Waals surface area contributed by atoms with Crippen LogP contribution in [-0.4, -0.2) is 49.3 Å². The summed E-state index contributed by atoms with van der Waals surface area (Å²) in [4.78, 5) is 22.8. The van der Waals surface area contributed by atoms with Gasteiger partial charge in [-0.05, 0) is 48.2 Å². The summed E-state index contributed by atoms with van der Waals surface area (Å²) in [5.41, 5.74) is 1.15. The smallest absolute Gasteiger partial charge is 0.352 e. The molecule has 0 aliphatic rings. The number of halogens is 2. The van der Waals surface area contributed by atoms with Crippen molar-refractivity contribution in [2.75, 3.05) is 33.4 Å². The summed E-state index contributed by atoms with van der Waals surface area (Å²) in [6.07, 6.45) is 1.88. The molecule has 11 heteroatoms. The van der Waals surface area contributed by atoms with E-state index in [1.807, 2.05) is 13.2 Å². The molecule has 0 atom stereocenters. The van der Waals surface area contributed by atoms with Gasteiger partial charge in [0.05, 0.1) is 34.3 Å². The van der Waals surface area contributed by atoms with E-state index in [0.717, 1.165) is 0 Å². The van der Waals surface area contributed by atoms with Crippen LogP contribution in [0.1, 0.15) is 23.5 Å². The molecule has 0 aliphatic carbocycles. The predicted molar refractivity (Wildman–Crippen MR) is 127 cm³/mol. The molecule has 2 aromatic heterocycles. The number of esters is 1. The van der Waals surface area contributed by atoms with Crippen molar-refractivity contribution in [3.05, 3.63) is 26.5 Å². The van der Waals surface area contributed by atoms with Crippen LogP contribution in [0.15, 0.2) is 21.8 Å². The Bertz CT molecular complexity index is 1110. The lowest BCUT2D eigenvalue weighted by molar-refractivity contribution is 0.0220. The number of fused-ring (bicyclic) bond motifs is 1. The number of hydrogen-bond acceptors (Lipinski definition) is 9. The highest BCUT2D eigenvalue weighted by molar-refractivity contribution is 9.10. The van der Waals surface area contributed by atoms with Crippen molar-refractivity contribution in [1.82, 2.24) is 9.97 Å². The van der Waals surface area contributed by atoms with Crippen LogP contribution in [0.25, 0.3) is 21.5 Å². The first-order valence-corrected chi connectivity index (χ1v) is 12.5. The minimum absolute atomic E-state index is 0.0319. The van der Waals surface area contributed by atoms with Crippen LogP contribution in [0.5, 0.6) is 11.5 Å². The molecule has 0 aliphatic heterocycles. The normalized spacial score (nSPS) is 11.0. The molecular weight excluding hydrogens is 528 g/mol. The standard InChI is InChI=1S/C20H20BrClN2O5S2/c1-5-27-9-29-16-14-15(10-7-13(26-3)11(21)8-12(10)22)23-20(30-4)24-18(14)31-17(16)19(25)28-6-2/h7-8H,5-6,9H2,1-4H3. The summed E-state index contributed by atoms with van der Waals surface area (Å²) >= 11 is 12.6. The zero-order chi connectivity index (χ0) is 22.5. The average molecular weight is 548 g/mol. The van der Waals surface area contributed by atoms with E-state index in [1.54, 1.807) is 26.2 Å². The van der Waals surface area contributed by atoms with E-state index in [0.29, 0.717) is 59.1 Å². The van der Waals surface area contributed by atoms with E-state index >= 15 is 0 Å². The minimum atomic E-state index is -0.492. The molecule has 0 radical (unpaired) electrons. The molecule has 3 rings (SSSR count). The molecule has 0 amide bonds. The zero-order valence-corrected chi connectivity index (χ0v) is 21.3. The van der Waals surface area contributed by atoms with Gasteiger partial charge in [-0.3, -0.25) is 0 Å². The van der Waals surface area contributed by atoms with Gasteiger partial charge in [-0.1, -0.05) is 23.4 Å². The third-order valence-corrected chi connectivity index (χ3v) is 6.64. The molecule has 31 heavy (non-hydrogen) atoms. The molecule has 7 nitrogen and oxygen atoms in total. The number of hydrogen-bond donors (Lipinski definition) is 0. The fraction of sp³-hybridized carbons (Fsp3) is 0.350. The van der Waals surface area contributed by atoms with Crippen LogP contribution in [0, 0.1) is 0 Å². The van der Waals surface area contributed by atoms with Crippen molar-refractivity contribution >= 4 is 66.8 Å². The Morgan fingerprint density at radius 2 is 2.03 bits per heavy atom. The molecule has 2 heterocycles. The predicted octanol–water partition coefficient (Wildman–Crippen LogP) is 6.05. The Balaban J connectivity index is 2.33. The van der Waals surface area contributed by atoms with Crippen LogP contribution in [-0.2, 0) is 9.47 Å². The molecule has 166 valence electrons. The van der Waals surface area contributed by atoms with E-state index in [-0.39, 0.29) is 13.4 Å². The SMILES string of the molecule is CCOCOc1c(C(=O)OCC)sc2nc(SC)nc(-c3cc(OC)c(Br)cc3Cl)c12. The lowest BCUT2D eigenvalue weighted by atomic mass is 10.1.